The maximum absolute atomic E-state index is 13.2. The Balaban J connectivity index is 1.47. The number of hydrogen-bond donors (Lipinski definition) is 4. The monoisotopic (exact) mass is 678 g/mol. The summed E-state index contributed by atoms with van der Waals surface area (Å²) in [6.07, 6.45) is 4.14. The van der Waals surface area contributed by atoms with Crippen LogP contribution in [0.1, 0.15) is 42.4 Å². The Kier molecular flexibility index (Phi) is 10.1. The number of phenols is 2. The SMILES string of the molecule is Cc1cccc(/C=C/C(=O)O[I-]C2C(OC(=O)/C=C/c3ccc(O)c(O)c3)C[C@@](O)(C(=O)N3CCCC3)C[C@H]2O)c1. The van der Waals surface area contributed by atoms with Gasteiger partial charge in [-0.1, -0.05) is 0 Å². The number of carbonyl (C=O) groups is 3. The van der Waals surface area contributed by atoms with Gasteiger partial charge in [0, 0.05) is 0 Å². The molecule has 2 unspecified atom stereocenters. The minimum absolute atomic E-state index is 0.250. The molecule has 4 N–H and O–H groups in total. The number of amides is 1. The molecule has 11 heteroatoms. The van der Waals surface area contributed by atoms with Gasteiger partial charge in [0.15, 0.2) is 0 Å². The minimum atomic E-state index is -1.93. The van der Waals surface area contributed by atoms with Crippen molar-refractivity contribution < 1.29 is 64.2 Å². The number of likely N-dealkylation sites (tertiary alicyclic amines) is 1. The molecule has 1 saturated carbocycles. The normalized spacial score (nSPS) is 24.7. The van der Waals surface area contributed by atoms with E-state index in [9.17, 15) is 34.8 Å². The summed E-state index contributed by atoms with van der Waals surface area (Å²) in [7, 11) is 0. The van der Waals surface area contributed by atoms with Crippen LogP contribution in [0.5, 0.6) is 11.5 Å². The number of aryl methyl sites for hydroxylation is 1. The Morgan fingerprint density at radius 1 is 0.951 bits per heavy atom. The van der Waals surface area contributed by atoms with Crippen LogP contribution in [0.4, 0.5) is 0 Å². The van der Waals surface area contributed by atoms with Crippen molar-refractivity contribution in [1.82, 2.24) is 4.90 Å². The van der Waals surface area contributed by atoms with E-state index in [1.165, 1.54) is 30.4 Å². The fraction of sp³-hybridized carbons (Fsp3) is 0.367. The number of nitrogens with zero attached hydrogens (tertiary/aromatic N) is 1. The molecule has 0 aromatic heterocycles. The third-order valence-electron chi connectivity index (χ3n) is 6.96. The molecule has 0 bridgehead atoms. The molecule has 1 amide bonds. The topological polar surface area (TPSA) is 154 Å². The van der Waals surface area contributed by atoms with Crippen molar-refractivity contribution in [3.05, 3.63) is 71.3 Å². The average molecular weight is 678 g/mol. The standard InChI is InChI=1S/C30H33INO9/c1-19-5-4-6-20(15-19)9-12-27(37)41-31-28-24(35)17-30(39,29(38)32-13-2-3-14-32)18-25(28)40-26(36)11-8-21-7-10-22(33)23(34)16-21/h4-12,15-16,24-25,28,33-35,39H,2-3,13-14,17-18H2,1H3/q-1/b11-8+,12-9+/t24-,25?,28?,30-/m1/s1. The Labute approximate surface area is 248 Å². The van der Waals surface area contributed by atoms with Crippen LogP contribution < -0.4 is 21.6 Å². The van der Waals surface area contributed by atoms with Gasteiger partial charge in [-0.2, -0.15) is 0 Å². The first kappa shape index (κ1) is 30.5. The number of halogens is 1. The number of esters is 1. The first-order valence-corrected chi connectivity index (χ1v) is 15.4. The average Bonchev–Trinajstić information content (AvgIpc) is 3.47. The van der Waals surface area contributed by atoms with Crippen LogP contribution in [0.2, 0.25) is 0 Å². The Bertz CT molecular complexity index is 1340. The number of alkyl halides is 1. The molecule has 4 atom stereocenters. The van der Waals surface area contributed by atoms with E-state index in [4.69, 9.17) is 7.80 Å². The fourth-order valence-corrected chi connectivity index (χ4v) is 6.92. The number of aliphatic hydroxyl groups is 2. The quantitative estimate of drug-likeness (QED) is 0.0950. The second-order valence-electron chi connectivity index (χ2n) is 10.2. The molecule has 4 rings (SSSR count). The van der Waals surface area contributed by atoms with Crippen molar-refractivity contribution in [2.75, 3.05) is 13.1 Å². The predicted molar refractivity (Wildman–Crippen MR) is 145 cm³/mol. The van der Waals surface area contributed by atoms with Crippen LogP contribution >= 0.6 is 0 Å². The Hall–Kier alpha value is -3.42. The summed E-state index contributed by atoms with van der Waals surface area (Å²) in [5, 5.41) is 41.5. The van der Waals surface area contributed by atoms with Gasteiger partial charge in [0.2, 0.25) is 0 Å². The van der Waals surface area contributed by atoms with Crippen molar-refractivity contribution in [1.29, 1.82) is 0 Å². The molecule has 0 spiro atoms. The number of ether oxygens (including phenoxy) is 1. The second-order valence-corrected chi connectivity index (χ2v) is 12.6. The molecule has 220 valence electrons. The van der Waals surface area contributed by atoms with Gasteiger partial charge in [-0.25, -0.2) is 0 Å². The summed E-state index contributed by atoms with van der Waals surface area (Å²) < 4.78 is 10.3. The van der Waals surface area contributed by atoms with E-state index >= 15 is 0 Å². The van der Waals surface area contributed by atoms with Crippen molar-refractivity contribution in [3.8, 4) is 11.5 Å². The zero-order valence-electron chi connectivity index (χ0n) is 22.5. The number of phenolic OH excluding ortho intramolecular Hbond substituents is 2. The van der Waals surface area contributed by atoms with E-state index in [0.29, 0.717) is 18.7 Å². The molecule has 1 aliphatic heterocycles. The van der Waals surface area contributed by atoms with Gasteiger partial charge in [0.05, 0.1) is 0 Å². The zero-order chi connectivity index (χ0) is 29.6. The first-order valence-electron chi connectivity index (χ1n) is 13.2. The fourth-order valence-electron chi connectivity index (χ4n) is 4.90. The molecule has 1 aliphatic carbocycles. The number of rotatable bonds is 8. The van der Waals surface area contributed by atoms with Crippen molar-refractivity contribution >= 4 is 30.0 Å². The molecule has 1 heterocycles. The number of aliphatic hydroxyl groups excluding tert-OH is 1. The summed E-state index contributed by atoms with van der Waals surface area (Å²) >= 11 is -1.52. The van der Waals surface area contributed by atoms with Crippen molar-refractivity contribution in [2.45, 2.75) is 54.3 Å². The van der Waals surface area contributed by atoms with Crippen LogP contribution in [0.25, 0.3) is 12.2 Å². The van der Waals surface area contributed by atoms with Crippen LogP contribution in [0, 0.1) is 6.92 Å². The van der Waals surface area contributed by atoms with Gasteiger partial charge in [0.25, 0.3) is 0 Å². The Morgan fingerprint density at radius 2 is 1.63 bits per heavy atom. The molecule has 1 saturated heterocycles. The van der Waals surface area contributed by atoms with E-state index in [1.807, 2.05) is 31.2 Å². The van der Waals surface area contributed by atoms with Gasteiger partial charge in [0.1, 0.15) is 0 Å². The summed E-state index contributed by atoms with van der Waals surface area (Å²) in [6.45, 7) is 2.95. The molecule has 2 aliphatic rings. The zero-order valence-corrected chi connectivity index (χ0v) is 24.6. The number of aromatic hydroxyl groups is 2. The van der Waals surface area contributed by atoms with Gasteiger partial charge in [-0.15, -0.1) is 0 Å². The molecule has 0 radical (unpaired) electrons. The van der Waals surface area contributed by atoms with Gasteiger partial charge in [-0.3, -0.25) is 0 Å². The van der Waals surface area contributed by atoms with Gasteiger partial charge < -0.3 is 0 Å². The van der Waals surface area contributed by atoms with Crippen LogP contribution in [0.3, 0.4) is 0 Å². The van der Waals surface area contributed by atoms with E-state index in [2.05, 4.69) is 0 Å². The number of carbonyl (C=O) groups excluding carboxylic acids is 3. The van der Waals surface area contributed by atoms with Gasteiger partial charge in [-0.05, 0) is 0 Å². The van der Waals surface area contributed by atoms with E-state index in [-0.39, 0.29) is 24.3 Å². The molecule has 41 heavy (non-hydrogen) atoms. The maximum atomic E-state index is 13.2. The van der Waals surface area contributed by atoms with Crippen LogP contribution in [0.15, 0.2) is 54.6 Å². The summed E-state index contributed by atoms with van der Waals surface area (Å²) in [6, 6.07) is 11.6. The third kappa shape index (κ3) is 8.08. The third-order valence-corrected chi connectivity index (χ3v) is 9.86. The number of hydrogen-bond acceptors (Lipinski definition) is 9. The summed E-state index contributed by atoms with van der Waals surface area (Å²) in [4.78, 5) is 40.0. The molecule has 2 fully saturated rings. The van der Waals surface area contributed by atoms with E-state index in [0.717, 1.165) is 30.0 Å². The molecule has 2 aromatic rings. The number of benzene rings is 2. The predicted octanol–water partition coefficient (Wildman–Crippen LogP) is -0.531. The summed E-state index contributed by atoms with van der Waals surface area (Å²) in [5.74, 6) is -2.60. The molecular weight excluding hydrogens is 645 g/mol. The van der Waals surface area contributed by atoms with Crippen LogP contribution in [-0.2, 0) is 22.2 Å². The molecule has 2 aromatic carbocycles. The van der Waals surface area contributed by atoms with Crippen LogP contribution in [-0.4, -0.2) is 78.0 Å². The van der Waals surface area contributed by atoms with Crippen molar-refractivity contribution in [3.63, 3.8) is 0 Å². The van der Waals surface area contributed by atoms with Crippen molar-refractivity contribution in [2.24, 2.45) is 0 Å². The Morgan fingerprint density at radius 3 is 2.32 bits per heavy atom. The van der Waals surface area contributed by atoms with E-state index < -0.39 is 61.2 Å². The first-order chi connectivity index (χ1) is 19.5. The van der Waals surface area contributed by atoms with Gasteiger partial charge >= 0.3 is 249 Å². The van der Waals surface area contributed by atoms with E-state index in [1.54, 1.807) is 11.0 Å². The summed E-state index contributed by atoms with van der Waals surface area (Å²) in [5.41, 5.74) is 0.343. The molecular formula is C30H33INO9-. The second kappa shape index (κ2) is 13.5. The molecule has 10 nitrogen and oxygen atoms in total.